The second kappa shape index (κ2) is 3.26. The van der Waals surface area contributed by atoms with Crippen LogP contribution in [0.25, 0.3) is 0 Å². The van der Waals surface area contributed by atoms with E-state index >= 15 is 0 Å². The molecule has 1 atom stereocenters. The Morgan fingerprint density at radius 3 is 2.79 bits per heavy atom. The fraction of sp³-hybridized carbons (Fsp3) is 0.333. The van der Waals surface area contributed by atoms with E-state index < -0.39 is 0 Å². The molecular weight excluding hydrogens is 180 g/mol. The van der Waals surface area contributed by atoms with Crippen molar-refractivity contribution in [2.75, 3.05) is 0 Å². The third-order valence-electron chi connectivity index (χ3n) is 2.09. The van der Waals surface area contributed by atoms with Crippen LogP contribution in [0.2, 0.25) is 0 Å². The van der Waals surface area contributed by atoms with E-state index in [0.717, 1.165) is 5.76 Å². The number of aryl methyl sites for hydroxylation is 2. The first-order chi connectivity index (χ1) is 6.68. The average Bonchev–Trinajstić information content (AvgIpc) is 2.73. The summed E-state index contributed by atoms with van der Waals surface area (Å²) in [5, 5.41) is 3.95. The number of hydrogen-bond donors (Lipinski definition) is 1. The molecule has 0 aliphatic rings. The SMILES string of the molecule is Cc1ccc(C(N)c2ncnn2C)o1. The summed E-state index contributed by atoms with van der Waals surface area (Å²) < 4.78 is 7.06. The standard InChI is InChI=1S/C9H12N4O/c1-6-3-4-7(14-6)8(10)9-11-5-12-13(9)2/h3-5,8H,10H2,1-2H3. The maximum absolute atomic E-state index is 5.96. The number of furan rings is 1. The molecule has 74 valence electrons. The van der Waals surface area contributed by atoms with E-state index in [9.17, 15) is 0 Å². The Kier molecular flexibility index (Phi) is 2.09. The average molecular weight is 192 g/mol. The van der Waals surface area contributed by atoms with E-state index in [1.807, 2.05) is 19.1 Å². The predicted octanol–water partition coefficient (Wildman–Crippen LogP) is 0.765. The molecule has 0 bridgehead atoms. The predicted molar refractivity (Wildman–Crippen MR) is 50.5 cm³/mol. The van der Waals surface area contributed by atoms with E-state index in [1.165, 1.54) is 6.33 Å². The molecule has 2 aromatic rings. The second-order valence-corrected chi connectivity index (χ2v) is 3.17. The van der Waals surface area contributed by atoms with Gasteiger partial charge in [0.2, 0.25) is 0 Å². The summed E-state index contributed by atoms with van der Waals surface area (Å²) in [7, 11) is 1.80. The molecule has 2 aromatic heterocycles. The van der Waals surface area contributed by atoms with Crippen molar-refractivity contribution in [1.82, 2.24) is 14.8 Å². The highest BCUT2D eigenvalue weighted by Crippen LogP contribution is 2.18. The van der Waals surface area contributed by atoms with Gasteiger partial charge in [0, 0.05) is 7.05 Å². The van der Waals surface area contributed by atoms with Gasteiger partial charge < -0.3 is 10.2 Å². The third-order valence-corrected chi connectivity index (χ3v) is 2.09. The molecule has 1 unspecified atom stereocenters. The van der Waals surface area contributed by atoms with Crippen LogP contribution in [-0.2, 0) is 7.05 Å². The summed E-state index contributed by atoms with van der Waals surface area (Å²) >= 11 is 0. The van der Waals surface area contributed by atoms with Crippen molar-refractivity contribution >= 4 is 0 Å². The normalized spacial score (nSPS) is 13.1. The van der Waals surface area contributed by atoms with Crippen molar-refractivity contribution in [3.8, 4) is 0 Å². The van der Waals surface area contributed by atoms with E-state index in [4.69, 9.17) is 10.2 Å². The molecule has 2 N–H and O–H groups in total. The first-order valence-corrected chi connectivity index (χ1v) is 4.34. The van der Waals surface area contributed by atoms with Crippen LogP contribution in [-0.4, -0.2) is 14.8 Å². The van der Waals surface area contributed by atoms with Crippen LogP contribution in [0.3, 0.4) is 0 Å². The van der Waals surface area contributed by atoms with Crippen LogP contribution in [0.5, 0.6) is 0 Å². The van der Waals surface area contributed by atoms with E-state index in [0.29, 0.717) is 11.6 Å². The van der Waals surface area contributed by atoms with Crippen LogP contribution in [0.15, 0.2) is 22.9 Å². The molecule has 0 saturated carbocycles. The molecule has 0 aliphatic heterocycles. The molecule has 2 heterocycles. The summed E-state index contributed by atoms with van der Waals surface area (Å²) in [6.07, 6.45) is 1.48. The summed E-state index contributed by atoms with van der Waals surface area (Å²) in [5.41, 5.74) is 5.96. The number of nitrogens with zero attached hydrogens (tertiary/aromatic N) is 3. The summed E-state index contributed by atoms with van der Waals surface area (Å²) in [6.45, 7) is 1.88. The zero-order valence-electron chi connectivity index (χ0n) is 8.14. The van der Waals surface area contributed by atoms with Crippen molar-refractivity contribution in [2.45, 2.75) is 13.0 Å². The Labute approximate surface area is 81.5 Å². The Morgan fingerprint density at radius 1 is 1.50 bits per heavy atom. The van der Waals surface area contributed by atoms with Crippen LogP contribution in [0, 0.1) is 6.92 Å². The monoisotopic (exact) mass is 192 g/mol. The van der Waals surface area contributed by atoms with Crippen LogP contribution in [0.1, 0.15) is 23.4 Å². The number of hydrogen-bond acceptors (Lipinski definition) is 4. The lowest BCUT2D eigenvalue weighted by Gasteiger charge is -2.06. The molecule has 2 rings (SSSR count). The van der Waals surface area contributed by atoms with E-state index in [1.54, 1.807) is 11.7 Å². The Balaban J connectivity index is 2.33. The van der Waals surface area contributed by atoms with Crippen molar-refractivity contribution in [3.63, 3.8) is 0 Å². The van der Waals surface area contributed by atoms with Gasteiger partial charge in [-0.25, -0.2) is 4.98 Å². The van der Waals surface area contributed by atoms with Gasteiger partial charge in [0.1, 0.15) is 23.9 Å². The molecule has 0 fully saturated rings. The maximum Gasteiger partial charge on any atom is 0.151 e. The van der Waals surface area contributed by atoms with Crippen molar-refractivity contribution in [1.29, 1.82) is 0 Å². The fourth-order valence-corrected chi connectivity index (χ4v) is 1.33. The molecule has 0 radical (unpaired) electrons. The summed E-state index contributed by atoms with van der Waals surface area (Å²) in [5.74, 6) is 2.25. The zero-order valence-corrected chi connectivity index (χ0v) is 8.14. The third kappa shape index (κ3) is 1.42. The lowest BCUT2D eigenvalue weighted by atomic mass is 10.2. The Bertz CT molecular complexity index is 431. The van der Waals surface area contributed by atoms with Crippen molar-refractivity contribution < 1.29 is 4.42 Å². The minimum absolute atomic E-state index is 0.351. The quantitative estimate of drug-likeness (QED) is 0.762. The number of aromatic nitrogens is 3. The fourth-order valence-electron chi connectivity index (χ4n) is 1.33. The van der Waals surface area contributed by atoms with Gasteiger partial charge in [-0.15, -0.1) is 0 Å². The van der Waals surface area contributed by atoms with Gasteiger partial charge in [0.05, 0.1) is 0 Å². The minimum Gasteiger partial charge on any atom is -0.464 e. The topological polar surface area (TPSA) is 69.9 Å². The first kappa shape index (κ1) is 8.96. The van der Waals surface area contributed by atoms with E-state index in [-0.39, 0.29) is 6.04 Å². The van der Waals surface area contributed by atoms with Gasteiger partial charge in [-0.1, -0.05) is 0 Å². The molecule has 0 spiro atoms. The first-order valence-electron chi connectivity index (χ1n) is 4.34. The molecule has 0 aliphatic carbocycles. The molecule has 0 saturated heterocycles. The molecule has 5 heteroatoms. The molecular formula is C9H12N4O. The summed E-state index contributed by atoms with van der Waals surface area (Å²) in [4.78, 5) is 4.07. The number of nitrogens with two attached hydrogens (primary N) is 1. The van der Waals surface area contributed by atoms with Gasteiger partial charge in [-0.3, -0.25) is 4.68 Å². The second-order valence-electron chi connectivity index (χ2n) is 3.17. The van der Waals surface area contributed by atoms with E-state index in [2.05, 4.69) is 10.1 Å². The largest absolute Gasteiger partial charge is 0.464 e. The van der Waals surface area contributed by atoms with Gasteiger partial charge in [-0.2, -0.15) is 5.10 Å². The highest BCUT2D eigenvalue weighted by molar-refractivity contribution is 5.15. The number of rotatable bonds is 2. The highest BCUT2D eigenvalue weighted by Gasteiger charge is 2.16. The molecule has 0 aromatic carbocycles. The Morgan fingerprint density at radius 2 is 2.29 bits per heavy atom. The van der Waals surface area contributed by atoms with Crippen LogP contribution >= 0.6 is 0 Å². The Hall–Kier alpha value is -1.62. The van der Waals surface area contributed by atoms with Crippen LogP contribution in [0.4, 0.5) is 0 Å². The van der Waals surface area contributed by atoms with Gasteiger partial charge >= 0.3 is 0 Å². The van der Waals surface area contributed by atoms with Gasteiger partial charge in [0.15, 0.2) is 5.82 Å². The van der Waals surface area contributed by atoms with Gasteiger partial charge in [-0.05, 0) is 19.1 Å². The minimum atomic E-state index is -0.351. The molecule has 14 heavy (non-hydrogen) atoms. The highest BCUT2D eigenvalue weighted by atomic mass is 16.3. The zero-order chi connectivity index (χ0) is 10.1. The lowest BCUT2D eigenvalue weighted by Crippen LogP contribution is -2.16. The van der Waals surface area contributed by atoms with Crippen LogP contribution < -0.4 is 5.73 Å². The van der Waals surface area contributed by atoms with Crippen molar-refractivity contribution in [3.05, 3.63) is 35.8 Å². The van der Waals surface area contributed by atoms with Crippen molar-refractivity contribution in [2.24, 2.45) is 12.8 Å². The summed E-state index contributed by atoms with van der Waals surface area (Å²) in [6, 6.07) is 3.39. The molecule has 0 amide bonds. The maximum atomic E-state index is 5.96. The van der Waals surface area contributed by atoms with Gasteiger partial charge in [0.25, 0.3) is 0 Å². The lowest BCUT2D eigenvalue weighted by molar-refractivity contribution is 0.454. The smallest absolute Gasteiger partial charge is 0.151 e. The molecule has 5 nitrogen and oxygen atoms in total.